The lowest BCUT2D eigenvalue weighted by Gasteiger charge is -2.13. The molecule has 8 nitrogen and oxygen atoms in total. The number of carbonyl (C=O) groups is 2. The minimum absolute atomic E-state index is 0.0361. The van der Waals surface area contributed by atoms with E-state index < -0.39 is 35.6 Å². The summed E-state index contributed by atoms with van der Waals surface area (Å²) in [6.45, 7) is -0.681. The Bertz CT molecular complexity index is 1140. The summed E-state index contributed by atoms with van der Waals surface area (Å²) in [5, 5.41) is 13.7. The number of alkyl halides is 3. The van der Waals surface area contributed by atoms with Crippen LogP contribution in [0, 0.1) is 0 Å². The third-order valence-corrected chi connectivity index (χ3v) is 4.91. The predicted molar refractivity (Wildman–Crippen MR) is 96.8 cm³/mol. The van der Waals surface area contributed by atoms with Gasteiger partial charge in [-0.1, -0.05) is 18.2 Å². The fourth-order valence-electron chi connectivity index (χ4n) is 2.61. The Hall–Kier alpha value is -3.28. The number of aromatic amines is 1. The second kappa shape index (κ2) is 7.99. The Kier molecular flexibility index (Phi) is 5.64. The number of carboxylic acids is 1. The van der Waals surface area contributed by atoms with Crippen molar-refractivity contribution in [3.05, 3.63) is 63.6 Å². The van der Waals surface area contributed by atoms with E-state index in [2.05, 4.69) is 15.4 Å². The van der Waals surface area contributed by atoms with Crippen LogP contribution in [0.25, 0.3) is 5.65 Å². The van der Waals surface area contributed by atoms with E-state index in [0.717, 1.165) is 23.9 Å². The summed E-state index contributed by atoms with van der Waals surface area (Å²) in [5.41, 5.74) is -1.90. The zero-order valence-electron chi connectivity index (χ0n) is 14.5. The van der Waals surface area contributed by atoms with Gasteiger partial charge in [0.2, 0.25) is 0 Å². The normalized spacial score (nSPS) is 11.6. The van der Waals surface area contributed by atoms with Crippen molar-refractivity contribution in [3.63, 3.8) is 0 Å². The van der Waals surface area contributed by atoms with Crippen molar-refractivity contribution < 1.29 is 27.9 Å². The van der Waals surface area contributed by atoms with Gasteiger partial charge in [0.1, 0.15) is 23.5 Å². The number of carbonyl (C=O) groups excluding carboxylic acids is 1. The topological polar surface area (TPSA) is 117 Å². The minimum Gasteiger partial charge on any atom is -0.480 e. The number of benzene rings is 1. The van der Waals surface area contributed by atoms with E-state index in [1.54, 1.807) is 0 Å². The Morgan fingerprint density at radius 2 is 2.00 bits per heavy atom. The van der Waals surface area contributed by atoms with Crippen LogP contribution < -0.4 is 10.7 Å². The minimum atomic E-state index is -4.51. The molecule has 0 spiro atoms. The number of nitrogens with zero attached hydrogens (tertiary/aromatic N) is 2. The van der Waals surface area contributed by atoms with E-state index >= 15 is 0 Å². The average molecular weight is 426 g/mol. The van der Waals surface area contributed by atoms with Gasteiger partial charge in [0.25, 0.3) is 5.91 Å². The number of nitrogens with one attached hydrogen (secondary N) is 2. The van der Waals surface area contributed by atoms with Crippen LogP contribution in [0.4, 0.5) is 13.2 Å². The van der Waals surface area contributed by atoms with Crippen molar-refractivity contribution >= 4 is 29.3 Å². The number of carboxylic acid groups (broad SMARTS) is 1. The molecule has 0 unspecified atom stereocenters. The third kappa shape index (κ3) is 4.42. The molecule has 12 heteroatoms. The largest absolute Gasteiger partial charge is 0.480 e. The molecule has 152 valence electrons. The maximum atomic E-state index is 13.1. The van der Waals surface area contributed by atoms with Gasteiger partial charge in [0.15, 0.2) is 11.1 Å². The maximum Gasteiger partial charge on any atom is 0.416 e. The van der Waals surface area contributed by atoms with Crippen LogP contribution in [-0.4, -0.2) is 38.1 Å². The van der Waals surface area contributed by atoms with Crippen molar-refractivity contribution in [1.29, 1.82) is 0 Å². The number of rotatable bonds is 6. The first kappa shape index (κ1) is 20.5. The first-order chi connectivity index (χ1) is 13.7. The van der Waals surface area contributed by atoms with Gasteiger partial charge >= 0.3 is 12.1 Å². The molecule has 0 saturated heterocycles. The number of pyridine rings is 1. The van der Waals surface area contributed by atoms with Crippen LogP contribution in [0.5, 0.6) is 0 Å². The molecule has 3 aromatic rings. The van der Waals surface area contributed by atoms with Crippen molar-refractivity contribution in [2.45, 2.75) is 17.0 Å². The van der Waals surface area contributed by atoms with Gasteiger partial charge in [0, 0.05) is 11.8 Å². The fourth-order valence-corrected chi connectivity index (χ4v) is 3.62. The zero-order chi connectivity index (χ0) is 21.2. The lowest BCUT2D eigenvalue weighted by Crippen LogP contribution is -2.33. The van der Waals surface area contributed by atoms with Crippen molar-refractivity contribution in [1.82, 2.24) is 19.9 Å². The Labute approximate surface area is 164 Å². The molecule has 0 atom stereocenters. The molecule has 3 N–H and O–H groups in total. The van der Waals surface area contributed by atoms with Gasteiger partial charge in [-0.05, 0) is 11.6 Å². The summed E-state index contributed by atoms with van der Waals surface area (Å²) >= 11 is 0.957. The molecule has 1 amide bonds. The molecule has 3 rings (SSSR count). The van der Waals surface area contributed by atoms with Crippen LogP contribution in [0.15, 0.2) is 46.5 Å². The van der Waals surface area contributed by atoms with E-state index in [1.165, 1.54) is 29.0 Å². The summed E-state index contributed by atoms with van der Waals surface area (Å²) in [5.74, 6) is -2.28. The second-order valence-electron chi connectivity index (χ2n) is 5.79. The monoisotopic (exact) mass is 426 g/mol. The molecule has 0 aliphatic rings. The summed E-state index contributed by atoms with van der Waals surface area (Å²) in [6.07, 6.45) is -3.31. The van der Waals surface area contributed by atoms with Gasteiger partial charge in [-0.3, -0.25) is 19.5 Å². The van der Waals surface area contributed by atoms with E-state index in [1.807, 2.05) is 0 Å². The summed E-state index contributed by atoms with van der Waals surface area (Å²) in [4.78, 5) is 39.1. The van der Waals surface area contributed by atoms with Crippen molar-refractivity contribution in [3.8, 4) is 0 Å². The lowest BCUT2D eigenvalue weighted by molar-refractivity contribution is -0.138. The van der Waals surface area contributed by atoms with Gasteiger partial charge in [-0.25, -0.2) is 9.50 Å². The predicted octanol–water partition coefficient (Wildman–Crippen LogP) is 2.15. The Morgan fingerprint density at radius 1 is 1.28 bits per heavy atom. The number of thioether (sulfide) groups is 1. The number of hydrogen-bond donors (Lipinski definition) is 3. The van der Waals surface area contributed by atoms with Crippen LogP contribution in [0.3, 0.4) is 0 Å². The highest BCUT2D eigenvalue weighted by Crippen LogP contribution is 2.34. The molecular weight excluding hydrogens is 413 g/mol. The highest BCUT2D eigenvalue weighted by atomic mass is 32.2. The highest BCUT2D eigenvalue weighted by Gasteiger charge is 2.32. The van der Waals surface area contributed by atoms with Gasteiger partial charge in [-0.15, -0.1) is 11.8 Å². The molecule has 0 aliphatic heterocycles. The standard InChI is InChI=1S/C17H13F3N4O4S/c18-17(19,20)10-4-2-1-3-9(10)7-29-12-5-11(25)14(15-22-8-23-24(12)15)16(28)21-6-13(26)27/h1-5,8H,6-7H2,(H,21,28)(H,22,23)(H,26,27). The van der Waals surface area contributed by atoms with Crippen LogP contribution in [0.2, 0.25) is 0 Å². The molecule has 0 aliphatic carbocycles. The van der Waals surface area contributed by atoms with Crippen molar-refractivity contribution in [2.24, 2.45) is 0 Å². The maximum absolute atomic E-state index is 13.1. The second-order valence-corrected chi connectivity index (χ2v) is 6.78. The smallest absolute Gasteiger partial charge is 0.416 e. The average Bonchev–Trinajstić information content (AvgIpc) is 3.13. The number of halogens is 3. The number of hydrogen-bond acceptors (Lipinski definition) is 5. The number of amides is 1. The summed E-state index contributed by atoms with van der Waals surface area (Å²) in [6, 6.07) is 6.18. The molecule has 2 heterocycles. The quantitative estimate of drug-likeness (QED) is 0.520. The van der Waals surface area contributed by atoms with Crippen LogP contribution >= 0.6 is 11.8 Å². The van der Waals surface area contributed by atoms with E-state index in [4.69, 9.17) is 5.11 Å². The van der Waals surface area contributed by atoms with Crippen LogP contribution in [0.1, 0.15) is 21.5 Å². The lowest BCUT2D eigenvalue weighted by atomic mass is 10.1. The molecule has 1 aromatic carbocycles. The van der Waals surface area contributed by atoms with E-state index in [-0.39, 0.29) is 27.6 Å². The SMILES string of the molecule is O=C(O)CNC(=O)c1c(=O)cc(SCc2ccccc2C(F)(F)F)n2[nH]cnc12. The number of aromatic nitrogens is 3. The zero-order valence-corrected chi connectivity index (χ0v) is 15.3. The highest BCUT2D eigenvalue weighted by molar-refractivity contribution is 7.98. The number of aliphatic carboxylic acids is 1. The number of fused-ring (bicyclic) bond motifs is 1. The van der Waals surface area contributed by atoms with E-state index in [9.17, 15) is 27.6 Å². The Morgan fingerprint density at radius 3 is 2.69 bits per heavy atom. The molecular formula is C17H13F3N4O4S. The first-order valence-corrected chi connectivity index (χ1v) is 9.04. The molecule has 29 heavy (non-hydrogen) atoms. The molecule has 0 radical (unpaired) electrons. The van der Waals surface area contributed by atoms with Crippen LogP contribution in [-0.2, 0) is 16.7 Å². The Balaban J connectivity index is 1.93. The van der Waals surface area contributed by atoms with E-state index in [0.29, 0.717) is 0 Å². The first-order valence-electron chi connectivity index (χ1n) is 8.05. The van der Waals surface area contributed by atoms with Gasteiger partial charge in [0.05, 0.1) is 5.56 Å². The molecule has 0 saturated carbocycles. The summed E-state index contributed by atoms with van der Waals surface area (Å²) < 4.78 is 40.7. The number of H-pyrrole nitrogens is 1. The van der Waals surface area contributed by atoms with Gasteiger partial charge < -0.3 is 10.4 Å². The fraction of sp³-hybridized carbons (Fsp3) is 0.176. The third-order valence-electron chi connectivity index (χ3n) is 3.86. The molecule has 2 aromatic heterocycles. The molecule has 0 fully saturated rings. The van der Waals surface area contributed by atoms with Crippen molar-refractivity contribution in [2.75, 3.05) is 6.54 Å². The summed E-state index contributed by atoms with van der Waals surface area (Å²) in [7, 11) is 0. The molecule has 0 bridgehead atoms. The van der Waals surface area contributed by atoms with Gasteiger partial charge in [-0.2, -0.15) is 13.2 Å².